The number of hydrogen-bond donors (Lipinski definition) is 0. The van der Waals surface area contributed by atoms with Gasteiger partial charge in [-0.15, -0.1) is 0 Å². The maximum atomic E-state index is 5.22. The summed E-state index contributed by atoms with van der Waals surface area (Å²) in [6, 6.07) is 5.97. The molecule has 2 aromatic rings. The Labute approximate surface area is 71.4 Å². The molecule has 11 heavy (non-hydrogen) atoms. The molecule has 0 aliphatic rings. The number of hydrogen-bond acceptors (Lipinski definition) is 3. The molecule has 0 fully saturated rings. The lowest BCUT2D eigenvalue weighted by Gasteiger charge is -1.88. The molecule has 2 rings (SSSR count). The van der Waals surface area contributed by atoms with Gasteiger partial charge < -0.3 is 4.43 Å². The van der Waals surface area contributed by atoms with Crippen LogP contribution in [0.2, 0.25) is 0 Å². The van der Waals surface area contributed by atoms with Gasteiger partial charge in [-0.1, -0.05) is 11.3 Å². The maximum absolute atomic E-state index is 5.22. The van der Waals surface area contributed by atoms with Crippen LogP contribution in [0.1, 0.15) is 0 Å². The van der Waals surface area contributed by atoms with Gasteiger partial charge in [0.05, 0.1) is 10.2 Å². The van der Waals surface area contributed by atoms with Crippen molar-refractivity contribution in [1.29, 1.82) is 0 Å². The second kappa shape index (κ2) is 2.63. The van der Waals surface area contributed by atoms with Crippen molar-refractivity contribution >= 4 is 32.0 Å². The van der Waals surface area contributed by atoms with Gasteiger partial charge in [0.2, 0.25) is 10.5 Å². The third-order valence-electron chi connectivity index (χ3n) is 1.47. The first-order valence-corrected chi connectivity index (χ1v) is 4.92. The molecule has 2 nitrogen and oxygen atoms in total. The zero-order valence-corrected chi connectivity index (χ0v) is 8.89. The van der Waals surface area contributed by atoms with Crippen LogP contribution in [0.25, 0.3) is 10.2 Å². The molecule has 0 aromatic carbocycles. The van der Waals surface area contributed by atoms with Crippen LogP contribution in [-0.4, -0.2) is 15.5 Å². The van der Waals surface area contributed by atoms with E-state index < -0.39 is 0 Å². The molecule has 0 aliphatic carbocycles. The summed E-state index contributed by atoms with van der Waals surface area (Å²) >= 11 is 1.65. The Bertz CT molecular complexity index is 340. The summed E-state index contributed by atoms with van der Waals surface area (Å²) in [6.45, 7) is 0. The first-order valence-electron chi connectivity index (χ1n) is 3.29. The molecule has 2 aromatic heterocycles. The van der Waals surface area contributed by atoms with E-state index in [1.165, 1.54) is 4.70 Å². The largest absolute Gasteiger partial charge is 0.546 e. The number of nitrogens with zero attached hydrogens (tertiary/aromatic N) is 1. The molecule has 0 atom stereocenters. The fourth-order valence-electron chi connectivity index (χ4n) is 0.948. The van der Waals surface area contributed by atoms with Crippen molar-refractivity contribution in [1.82, 2.24) is 4.98 Å². The van der Waals surface area contributed by atoms with Crippen molar-refractivity contribution in [3.63, 3.8) is 0 Å². The second-order valence-corrected chi connectivity index (χ2v) is 3.61. The highest BCUT2D eigenvalue weighted by molar-refractivity contribution is 7.20. The summed E-state index contributed by atoms with van der Waals surface area (Å²) in [6.07, 6.45) is 1.80. The van der Waals surface area contributed by atoms with Gasteiger partial charge in [0.25, 0.3) is 0 Å². The van der Waals surface area contributed by atoms with Crippen LogP contribution in [0, 0.1) is 0 Å². The minimum absolute atomic E-state index is 0.748. The molecule has 0 saturated carbocycles. The maximum Gasteiger partial charge on any atom is 0.205 e. The lowest BCUT2D eigenvalue weighted by Crippen LogP contribution is -1.77. The van der Waals surface area contributed by atoms with E-state index in [2.05, 4.69) is 11.1 Å². The van der Waals surface area contributed by atoms with Crippen LogP contribution in [-0.2, 0) is 0 Å². The van der Waals surface area contributed by atoms with Gasteiger partial charge in [0, 0.05) is 12.3 Å². The zero-order valence-electron chi connectivity index (χ0n) is 6.07. The van der Waals surface area contributed by atoms with Gasteiger partial charge in [0.1, 0.15) is 0 Å². The first kappa shape index (κ1) is 6.81. The second-order valence-electron chi connectivity index (χ2n) is 2.16. The van der Waals surface area contributed by atoms with E-state index in [1.54, 1.807) is 17.5 Å². The van der Waals surface area contributed by atoms with Gasteiger partial charge in [-0.05, 0) is 12.1 Å². The Kier molecular flexibility index (Phi) is 1.63. The monoisotopic (exact) mass is 181 g/mol. The van der Waals surface area contributed by atoms with Crippen molar-refractivity contribution < 1.29 is 4.43 Å². The SMILES string of the molecule is [SiH3]Oc1cc2ncccc2s1. The molecule has 56 valence electrons. The lowest BCUT2D eigenvalue weighted by molar-refractivity contribution is 0.635. The van der Waals surface area contributed by atoms with E-state index in [1.807, 2.05) is 12.1 Å². The molecule has 0 saturated heterocycles. The summed E-state index contributed by atoms with van der Waals surface area (Å²) in [5, 5.41) is 0.977. The highest BCUT2D eigenvalue weighted by Crippen LogP contribution is 2.29. The molecular formula is C7H7NOSSi. The number of pyridine rings is 1. The Morgan fingerprint density at radius 2 is 2.45 bits per heavy atom. The van der Waals surface area contributed by atoms with Crippen molar-refractivity contribution in [2.75, 3.05) is 0 Å². The van der Waals surface area contributed by atoms with Crippen LogP contribution in [0.5, 0.6) is 5.06 Å². The minimum atomic E-state index is 0.748. The average molecular weight is 181 g/mol. The highest BCUT2D eigenvalue weighted by atomic mass is 32.1. The minimum Gasteiger partial charge on any atom is -0.546 e. The molecule has 0 aliphatic heterocycles. The number of rotatable bonds is 1. The van der Waals surface area contributed by atoms with Gasteiger partial charge in [-0.25, -0.2) is 0 Å². The van der Waals surface area contributed by atoms with Gasteiger partial charge in [-0.3, -0.25) is 4.98 Å². The normalized spacial score (nSPS) is 10.5. The van der Waals surface area contributed by atoms with Crippen LogP contribution >= 0.6 is 11.3 Å². The lowest BCUT2D eigenvalue weighted by atomic mass is 10.4. The van der Waals surface area contributed by atoms with Crippen LogP contribution in [0.4, 0.5) is 0 Å². The Hall–Kier alpha value is -0.873. The number of aromatic nitrogens is 1. The van der Waals surface area contributed by atoms with Gasteiger partial charge in [-0.2, -0.15) is 0 Å². The third kappa shape index (κ3) is 1.14. The molecule has 0 N–H and O–H groups in total. The molecule has 0 bridgehead atoms. The Morgan fingerprint density at radius 1 is 1.55 bits per heavy atom. The molecule has 0 spiro atoms. The third-order valence-corrected chi connectivity index (χ3v) is 3.25. The van der Waals surface area contributed by atoms with Crippen molar-refractivity contribution in [3.8, 4) is 5.06 Å². The standard InChI is InChI=1S/C7H7NOSSi/c11-9-7-4-5-6(10-7)2-1-3-8-5/h1-4H,11H3. The van der Waals surface area contributed by atoms with E-state index in [0.29, 0.717) is 0 Å². The fraction of sp³-hybridized carbons (Fsp3) is 0. The Balaban J connectivity index is 2.69. The smallest absolute Gasteiger partial charge is 0.205 e. The number of fused-ring (bicyclic) bond motifs is 1. The summed E-state index contributed by atoms with van der Waals surface area (Å²) < 4.78 is 6.41. The van der Waals surface area contributed by atoms with E-state index in [0.717, 1.165) is 21.1 Å². The molecule has 0 amide bonds. The summed E-state index contributed by atoms with van der Waals surface area (Å²) in [4.78, 5) is 4.20. The van der Waals surface area contributed by atoms with Gasteiger partial charge >= 0.3 is 0 Å². The Morgan fingerprint density at radius 3 is 3.18 bits per heavy atom. The summed E-state index contributed by atoms with van der Waals surface area (Å²) in [5.74, 6) is 0. The molecule has 4 heteroatoms. The number of thiophene rings is 1. The van der Waals surface area contributed by atoms with Crippen molar-refractivity contribution in [2.24, 2.45) is 0 Å². The summed E-state index contributed by atoms with van der Waals surface area (Å²) in [5.41, 5.74) is 1.03. The molecular weight excluding hydrogens is 174 g/mol. The van der Waals surface area contributed by atoms with Crippen LogP contribution in [0.15, 0.2) is 24.4 Å². The summed E-state index contributed by atoms with van der Waals surface area (Å²) in [7, 11) is 0.748. The quantitative estimate of drug-likeness (QED) is 0.611. The van der Waals surface area contributed by atoms with Crippen molar-refractivity contribution in [2.45, 2.75) is 0 Å². The fourth-order valence-corrected chi connectivity index (χ4v) is 2.15. The van der Waals surface area contributed by atoms with E-state index in [4.69, 9.17) is 4.43 Å². The van der Waals surface area contributed by atoms with Crippen LogP contribution < -0.4 is 4.43 Å². The predicted molar refractivity (Wildman–Crippen MR) is 50.2 cm³/mol. The van der Waals surface area contributed by atoms with Gasteiger partial charge in [0.15, 0.2) is 5.06 Å². The van der Waals surface area contributed by atoms with Crippen molar-refractivity contribution in [3.05, 3.63) is 24.4 Å². The molecule has 0 unspecified atom stereocenters. The van der Waals surface area contributed by atoms with E-state index in [9.17, 15) is 0 Å². The predicted octanol–water partition coefficient (Wildman–Crippen LogP) is 0.955. The van der Waals surface area contributed by atoms with E-state index >= 15 is 0 Å². The average Bonchev–Trinajstić information content (AvgIpc) is 2.46. The van der Waals surface area contributed by atoms with E-state index in [-0.39, 0.29) is 0 Å². The molecule has 2 heterocycles. The molecule has 0 radical (unpaired) electrons. The topological polar surface area (TPSA) is 22.1 Å². The van der Waals surface area contributed by atoms with Crippen LogP contribution in [0.3, 0.4) is 0 Å². The highest BCUT2D eigenvalue weighted by Gasteiger charge is 1.99. The zero-order chi connectivity index (χ0) is 7.68. The first-order chi connectivity index (χ1) is 5.40.